The fourth-order valence-corrected chi connectivity index (χ4v) is 3.86. The number of anilines is 3. The van der Waals surface area contributed by atoms with Crippen LogP contribution in [0.25, 0.3) is 0 Å². The molecule has 0 aromatic carbocycles. The number of amides is 2. The van der Waals surface area contributed by atoms with E-state index < -0.39 is 6.04 Å². The van der Waals surface area contributed by atoms with Crippen LogP contribution in [0.1, 0.15) is 56.9 Å². The van der Waals surface area contributed by atoms with Gasteiger partial charge in [0, 0.05) is 50.5 Å². The molecule has 41 heavy (non-hydrogen) atoms. The largest absolute Gasteiger partial charge is 0.369 e. The van der Waals surface area contributed by atoms with Gasteiger partial charge in [-0.3, -0.25) is 19.6 Å². The van der Waals surface area contributed by atoms with Crippen LogP contribution in [0.15, 0.2) is 35.6 Å². The maximum atomic E-state index is 12.5. The molecule has 2 aromatic heterocycles. The highest BCUT2D eigenvalue weighted by Gasteiger charge is 2.20. The van der Waals surface area contributed by atoms with Crippen LogP contribution >= 0.6 is 0 Å². The average molecular weight is 560 g/mol. The first kappa shape index (κ1) is 31.2. The summed E-state index contributed by atoms with van der Waals surface area (Å²) in [6, 6.07) is 1.45. The van der Waals surface area contributed by atoms with E-state index in [9.17, 15) is 9.59 Å². The Labute approximate surface area is 243 Å². The zero-order valence-corrected chi connectivity index (χ0v) is 24.9. The molecule has 11 heteroatoms. The Morgan fingerprint density at radius 1 is 1.17 bits per heavy atom. The molecule has 3 heterocycles. The molecule has 1 aliphatic rings. The summed E-state index contributed by atoms with van der Waals surface area (Å²) in [6.45, 7) is 8.29. The van der Waals surface area contributed by atoms with E-state index in [4.69, 9.17) is 0 Å². The minimum Gasteiger partial charge on any atom is -0.369 e. The van der Waals surface area contributed by atoms with Gasteiger partial charge in [0.15, 0.2) is 0 Å². The lowest BCUT2D eigenvalue weighted by Crippen LogP contribution is -2.45. The lowest BCUT2D eigenvalue weighted by molar-refractivity contribution is -0.135. The summed E-state index contributed by atoms with van der Waals surface area (Å²) in [4.78, 5) is 46.2. The second-order valence-electron chi connectivity index (χ2n) is 10.1. The number of aromatic nitrogens is 3. The first-order valence-corrected chi connectivity index (χ1v) is 13.9. The summed E-state index contributed by atoms with van der Waals surface area (Å²) in [7, 11) is 5.48. The van der Waals surface area contributed by atoms with Crippen LogP contribution in [-0.2, 0) is 16.1 Å². The highest BCUT2D eigenvalue weighted by Crippen LogP contribution is 2.22. The molecule has 0 saturated carbocycles. The number of rotatable bonds is 13. The first-order valence-electron chi connectivity index (χ1n) is 13.9. The summed E-state index contributed by atoms with van der Waals surface area (Å²) in [5.41, 5.74) is 4.51. The molecule has 1 atom stereocenters. The Morgan fingerprint density at radius 2 is 1.98 bits per heavy atom. The molecule has 0 bridgehead atoms. The zero-order valence-electron chi connectivity index (χ0n) is 24.9. The monoisotopic (exact) mass is 559 g/mol. The molecule has 3 N–H and O–H groups in total. The molecular weight excluding hydrogens is 518 g/mol. The minimum absolute atomic E-state index is 0.196. The number of carbonyl (C=O) groups excluding carboxylic acids is 2. The molecule has 3 rings (SSSR count). The molecule has 2 amide bonds. The topological polar surface area (TPSA) is 128 Å². The van der Waals surface area contributed by atoms with Crippen LogP contribution in [0.2, 0.25) is 0 Å². The van der Waals surface area contributed by atoms with Gasteiger partial charge >= 0.3 is 0 Å². The lowest BCUT2D eigenvalue weighted by Gasteiger charge is -2.23. The van der Waals surface area contributed by atoms with E-state index in [0.717, 1.165) is 35.6 Å². The van der Waals surface area contributed by atoms with Crippen LogP contribution in [0, 0.1) is 11.8 Å². The molecular formula is C30H41N9O2. The Balaban J connectivity index is 1.52. The Morgan fingerprint density at radius 3 is 2.73 bits per heavy atom. The van der Waals surface area contributed by atoms with E-state index in [0.29, 0.717) is 49.8 Å². The molecule has 0 unspecified atom stereocenters. The molecule has 0 spiro atoms. The molecule has 0 saturated heterocycles. The van der Waals surface area contributed by atoms with E-state index >= 15 is 0 Å². The van der Waals surface area contributed by atoms with Gasteiger partial charge in [0.2, 0.25) is 17.8 Å². The molecule has 218 valence electrons. The third-order valence-corrected chi connectivity index (χ3v) is 6.45. The number of hydrogen-bond donors (Lipinski definition) is 3. The fraction of sp³-hybridized carbons (Fsp3) is 0.467. The third kappa shape index (κ3) is 9.39. The Kier molecular flexibility index (Phi) is 11.8. The number of aliphatic imine (C=N–C) groups is 1. The van der Waals surface area contributed by atoms with Crippen molar-refractivity contribution in [1.82, 2.24) is 30.1 Å². The van der Waals surface area contributed by atoms with E-state index in [1.54, 1.807) is 32.4 Å². The van der Waals surface area contributed by atoms with Crippen molar-refractivity contribution in [3.63, 3.8) is 0 Å². The van der Waals surface area contributed by atoms with Crippen molar-refractivity contribution in [2.45, 2.75) is 52.6 Å². The average Bonchev–Trinajstić information content (AvgIpc) is 3.32. The van der Waals surface area contributed by atoms with Crippen molar-refractivity contribution in [2.75, 3.05) is 51.4 Å². The quantitative estimate of drug-likeness (QED) is 0.194. The number of hydrogen-bond acceptors (Lipinski definition) is 9. The highest BCUT2D eigenvalue weighted by molar-refractivity contribution is 6.02. The van der Waals surface area contributed by atoms with Crippen molar-refractivity contribution in [1.29, 1.82) is 0 Å². The van der Waals surface area contributed by atoms with E-state index in [-0.39, 0.29) is 11.8 Å². The number of nitrogens with zero attached hydrogens (tertiary/aromatic N) is 6. The van der Waals surface area contributed by atoms with Crippen molar-refractivity contribution < 1.29 is 9.59 Å². The normalized spacial score (nSPS) is 12.8. The minimum atomic E-state index is -0.571. The summed E-state index contributed by atoms with van der Waals surface area (Å²) >= 11 is 0. The first-order chi connectivity index (χ1) is 19.7. The summed E-state index contributed by atoms with van der Waals surface area (Å²) in [5, 5.41) is 9.45. The van der Waals surface area contributed by atoms with E-state index in [1.807, 2.05) is 32.0 Å². The van der Waals surface area contributed by atoms with Gasteiger partial charge in [-0.1, -0.05) is 24.8 Å². The Bertz CT molecular complexity index is 1340. The molecule has 0 fully saturated rings. The highest BCUT2D eigenvalue weighted by atomic mass is 16.2. The summed E-state index contributed by atoms with van der Waals surface area (Å²) in [6.07, 6.45) is 8.96. The van der Waals surface area contributed by atoms with Crippen LogP contribution in [-0.4, -0.2) is 89.1 Å². The fourth-order valence-electron chi connectivity index (χ4n) is 3.86. The number of fused-ring (bicyclic) bond motifs is 1. The van der Waals surface area contributed by atoms with Gasteiger partial charge in [0.1, 0.15) is 11.9 Å². The summed E-state index contributed by atoms with van der Waals surface area (Å²) in [5.74, 6) is 7.03. The number of pyridine rings is 1. The van der Waals surface area contributed by atoms with Crippen molar-refractivity contribution in [3.05, 3.63) is 47.4 Å². The van der Waals surface area contributed by atoms with Gasteiger partial charge < -0.3 is 25.8 Å². The molecule has 11 nitrogen and oxygen atoms in total. The smallest absolute Gasteiger partial charge is 0.246 e. The second-order valence-corrected chi connectivity index (χ2v) is 10.1. The number of carbonyl (C=O) groups is 2. The van der Waals surface area contributed by atoms with Crippen LogP contribution in [0.4, 0.5) is 17.5 Å². The van der Waals surface area contributed by atoms with E-state index in [2.05, 4.69) is 54.7 Å². The number of likely N-dealkylation sites (N-methyl/N-ethyl adjacent to an activating group) is 2. The number of unbranched alkanes of at least 4 members (excludes halogenated alkanes) is 1. The lowest BCUT2D eigenvalue weighted by atomic mass is 10.1. The number of nitrogens with one attached hydrogen (secondary N) is 3. The van der Waals surface area contributed by atoms with Gasteiger partial charge in [0.05, 0.1) is 35.9 Å². The Hall–Kier alpha value is -4.30. The molecule has 1 aliphatic heterocycles. The van der Waals surface area contributed by atoms with Crippen LogP contribution < -0.4 is 16.0 Å². The van der Waals surface area contributed by atoms with Gasteiger partial charge in [-0.05, 0) is 46.9 Å². The second kappa shape index (κ2) is 15.5. The van der Waals surface area contributed by atoms with Gasteiger partial charge in [-0.15, -0.1) is 0 Å². The zero-order chi connectivity index (χ0) is 29.8. The van der Waals surface area contributed by atoms with Crippen molar-refractivity contribution >= 4 is 35.0 Å². The van der Waals surface area contributed by atoms with Gasteiger partial charge in [0.25, 0.3) is 0 Å². The molecule has 2 aromatic rings. The third-order valence-electron chi connectivity index (χ3n) is 6.45. The van der Waals surface area contributed by atoms with E-state index in [1.165, 1.54) is 11.0 Å². The molecule has 0 aliphatic carbocycles. The van der Waals surface area contributed by atoms with Crippen molar-refractivity contribution in [3.8, 4) is 11.8 Å². The van der Waals surface area contributed by atoms with Gasteiger partial charge in [-0.2, -0.15) is 4.98 Å². The summed E-state index contributed by atoms with van der Waals surface area (Å²) < 4.78 is 0. The molecule has 0 radical (unpaired) electrons. The maximum absolute atomic E-state index is 12.5. The van der Waals surface area contributed by atoms with Crippen molar-refractivity contribution in [2.24, 2.45) is 4.99 Å². The SMILES string of the molecule is CCCNc1nc(Nc2cnc3c(c2)C(C)=NC3)ncc1C#CCCCNC(=O)[C@H](C)N(C)C(=O)/C=C/CN(C)C. The predicted octanol–water partition coefficient (Wildman–Crippen LogP) is 2.97. The van der Waals surface area contributed by atoms with Gasteiger partial charge in [-0.25, -0.2) is 4.98 Å². The van der Waals surface area contributed by atoms with Crippen LogP contribution in [0.5, 0.6) is 0 Å². The van der Waals surface area contributed by atoms with Crippen LogP contribution in [0.3, 0.4) is 0 Å². The predicted molar refractivity (Wildman–Crippen MR) is 163 cm³/mol. The maximum Gasteiger partial charge on any atom is 0.246 e. The standard InChI is InChI=1S/C30H41N9O2/c1-7-14-31-28-23(18-35-30(37-28)36-24-17-25-21(2)33-20-26(25)34-19-24)12-9-8-10-15-32-29(41)22(3)39(6)27(40)13-11-16-38(4)5/h11,13,17-19,22H,7-8,10,14-16,20H2,1-6H3,(H,32,41)(H2,31,35,36,37)/b13-11+/t22-/m0/s1.